The molecule has 2 saturated heterocycles. The number of piperidine rings is 2. The van der Waals surface area contributed by atoms with Crippen molar-refractivity contribution in [1.82, 2.24) is 9.80 Å². The molecule has 2 fully saturated rings. The molecule has 0 aromatic heterocycles. The van der Waals surface area contributed by atoms with E-state index in [0.29, 0.717) is 25.9 Å². The van der Waals surface area contributed by atoms with Crippen LogP contribution in [0.4, 0.5) is 4.79 Å². The lowest BCUT2D eigenvalue weighted by atomic mass is 9.80. The fraction of sp³-hybridized carbons (Fsp3) is 0.857. The number of likely N-dealkylation sites (tertiary alicyclic amines) is 2. The molecule has 114 valence electrons. The number of carboxylic acids is 1. The van der Waals surface area contributed by atoms with Crippen molar-refractivity contribution < 1.29 is 19.4 Å². The summed E-state index contributed by atoms with van der Waals surface area (Å²) >= 11 is 0. The Morgan fingerprint density at radius 2 is 1.60 bits per heavy atom. The minimum Gasteiger partial charge on any atom is -0.481 e. The molecule has 6 heteroatoms. The lowest BCUT2D eigenvalue weighted by Crippen LogP contribution is -2.52. The van der Waals surface area contributed by atoms with Crippen molar-refractivity contribution in [3.05, 3.63) is 0 Å². The normalized spacial score (nSPS) is 23.7. The maximum Gasteiger partial charge on any atom is 0.320 e. The van der Waals surface area contributed by atoms with E-state index in [2.05, 4.69) is 0 Å². The van der Waals surface area contributed by atoms with Gasteiger partial charge in [-0.25, -0.2) is 4.79 Å². The van der Waals surface area contributed by atoms with Crippen LogP contribution in [-0.2, 0) is 9.53 Å². The molecule has 0 aromatic carbocycles. The van der Waals surface area contributed by atoms with Gasteiger partial charge in [0.2, 0.25) is 0 Å². The maximum atomic E-state index is 12.4. The van der Waals surface area contributed by atoms with Crippen molar-refractivity contribution in [1.29, 1.82) is 0 Å². The molecule has 2 rings (SSSR count). The van der Waals surface area contributed by atoms with E-state index in [0.717, 1.165) is 25.9 Å². The molecule has 20 heavy (non-hydrogen) atoms. The van der Waals surface area contributed by atoms with Gasteiger partial charge in [0, 0.05) is 33.3 Å². The summed E-state index contributed by atoms with van der Waals surface area (Å²) in [4.78, 5) is 27.2. The number of urea groups is 1. The SMILES string of the molecule is COC1CCN(C(=O)N2CCC(C)(C(=O)O)CC2)CC1. The second kappa shape index (κ2) is 5.99. The zero-order valence-electron chi connectivity index (χ0n) is 12.3. The van der Waals surface area contributed by atoms with E-state index in [1.54, 1.807) is 18.9 Å². The summed E-state index contributed by atoms with van der Waals surface area (Å²) in [6.07, 6.45) is 3.08. The van der Waals surface area contributed by atoms with Crippen molar-refractivity contribution >= 4 is 12.0 Å². The number of carbonyl (C=O) groups is 2. The molecule has 1 N–H and O–H groups in total. The minimum atomic E-state index is -0.759. The van der Waals surface area contributed by atoms with Crippen LogP contribution in [0.15, 0.2) is 0 Å². The van der Waals surface area contributed by atoms with Crippen molar-refractivity contribution in [3.63, 3.8) is 0 Å². The summed E-state index contributed by atoms with van der Waals surface area (Å²) in [6.45, 7) is 4.28. The molecule has 0 saturated carbocycles. The molecule has 0 unspecified atom stereocenters. The average Bonchev–Trinajstić information content (AvgIpc) is 2.47. The molecule has 0 bridgehead atoms. The monoisotopic (exact) mass is 284 g/mol. The quantitative estimate of drug-likeness (QED) is 0.832. The highest BCUT2D eigenvalue weighted by atomic mass is 16.5. The lowest BCUT2D eigenvalue weighted by molar-refractivity contribution is -0.150. The fourth-order valence-corrected chi connectivity index (χ4v) is 2.89. The number of ether oxygens (including phenoxy) is 1. The van der Waals surface area contributed by atoms with E-state index >= 15 is 0 Å². The third-order valence-corrected chi connectivity index (χ3v) is 4.70. The smallest absolute Gasteiger partial charge is 0.320 e. The van der Waals surface area contributed by atoms with Crippen LogP contribution in [0.2, 0.25) is 0 Å². The van der Waals surface area contributed by atoms with Gasteiger partial charge in [-0.15, -0.1) is 0 Å². The zero-order valence-corrected chi connectivity index (χ0v) is 12.3. The topological polar surface area (TPSA) is 70.1 Å². The summed E-state index contributed by atoms with van der Waals surface area (Å²) < 4.78 is 5.30. The first kappa shape index (κ1) is 15.1. The van der Waals surface area contributed by atoms with Crippen molar-refractivity contribution in [2.24, 2.45) is 5.41 Å². The Kier molecular flexibility index (Phi) is 4.52. The van der Waals surface area contributed by atoms with Crippen molar-refractivity contribution in [2.45, 2.75) is 38.7 Å². The first-order valence-corrected chi connectivity index (χ1v) is 7.26. The van der Waals surface area contributed by atoms with Crippen LogP contribution in [0.3, 0.4) is 0 Å². The maximum absolute atomic E-state index is 12.4. The molecular weight excluding hydrogens is 260 g/mol. The first-order valence-electron chi connectivity index (χ1n) is 7.26. The molecule has 2 heterocycles. The Morgan fingerprint density at radius 3 is 2.05 bits per heavy atom. The van der Waals surface area contributed by atoms with Gasteiger partial charge in [0.15, 0.2) is 0 Å². The van der Waals surface area contributed by atoms with Gasteiger partial charge in [0.25, 0.3) is 0 Å². The molecule has 2 aliphatic rings. The summed E-state index contributed by atoms with van der Waals surface area (Å²) in [7, 11) is 1.71. The molecule has 0 aromatic rings. The van der Waals surface area contributed by atoms with E-state index < -0.39 is 11.4 Å². The molecule has 2 aliphatic heterocycles. The predicted octanol–water partition coefficient (Wildman–Crippen LogP) is 1.40. The largest absolute Gasteiger partial charge is 0.481 e. The predicted molar refractivity (Wildman–Crippen MR) is 73.5 cm³/mol. The first-order chi connectivity index (χ1) is 9.46. The highest BCUT2D eigenvalue weighted by Gasteiger charge is 2.39. The van der Waals surface area contributed by atoms with Crippen LogP contribution in [0.25, 0.3) is 0 Å². The number of nitrogens with zero attached hydrogens (tertiary/aromatic N) is 2. The summed E-state index contributed by atoms with van der Waals surface area (Å²) in [6, 6.07) is 0.0481. The average molecular weight is 284 g/mol. The number of methoxy groups -OCH3 is 1. The third kappa shape index (κ3) is 3.06. The third-order valence-electron chi connectivity index (χ3n) is 4.70. The van der Waals surface area contributed by atoms with Crippen LogP contribution >= 0.6 is 0 Å². The van der Waals surface area contributed by atoms with Crippen molar-refractivity contribution in [2.75, 3.05) is 33.3 Å². The second-order valence-electron chi connectivity index (χ2n) is 6.06. The van der Waals surface area contributed by atoms with Gasteiger partial charge in [-0.05, 0) is 32.6 Å². The number of hydrogen-bond donors (Lipinski definition) is 1. The molecule has 6 nitrogen and oxygen atoms in total. The number of carbonyl (C=O) groups excluding carboxylic acids is 1. The Balaban J connectivity index is 1.85. The molecule has 0 radical (unpaired) electrons. The highest BCUT2D eigenvalue weighted by Crippen LogP contribution is 2.31. The molecular formula is C14H24N2O4. The van der Waals surface area contributed by atoms with Crippen LogP contribution in [0.5, 0.6) is 0 Å². The minimum absolute atomic E-state index is 0.0481. The van der Waals surface area contributed by atoms with E-state index in [1.165, 1.54) is 0 Å². The van der Waals surface area contributed by atoms with E-state index in [9.17, 15) is 14.7 Å². The van der Waals surface area contributed by atoms with Gasteiger partial charge in [-0.1, -0.05) is 0 Å². The number of hydrogen-bond acceptors (Lipinski definition) is 3. The molecule has 0 aliphatic carbocycles. The summed E-state index contributed by atoms with van der Waals surface area (Å²) in [5.74, 6) is -0.759. The van der Waals surface area contributed by atoms with E-state index in [-0.39, 0.29) is 12.1 Å². The van der Waals surface area contributed by atoms with Crippen LogP contribution in [0, 0.1) is 5.41 Å². The van der Waals surface area contributed by atoms with Gasteiger partial charge in [0.05, 0.1) is 11.5 Å². The Labute approximate surface area is 119 Å². The van der Waals surface area contributed by atoms with Crippen LogP contribution in [0.1, 0.15) is 32.6 Å². The van der Waals surface area contributed by atoms with Crippen LogP contribution in [-0.4, -0.2) is 66.3 Å². The van der Waals surface area contributed by atoms with Gasteiger partial charge >= 0.3 is 12.0 Å². The summed E-state index contributed by atoms with van der Waals surface area (Å²) in [5.41, 5.74) is -0.681. The lowest BCUT2D eigenvalue weighted by Gasteiger charge is -2.40. The van der Waals surface area contributed by atoms with Gasteiger partial charge < -0.3 is 19.6 Å². The second-order valence-corrected chi connectivity index (χ2v) is 6.06. The Hall–Kier alpha value is -1.30. The molecule has 2 amide bonds. The van der Waals surface area contributed by atoms with Crippen LogP contribution < -0.4 is 0 Å². The highest BCUT2D eigenvalue weighted by molar-refractivity contribution is 5.77. The fourth-order valence-electron chi connectivity index (χ4n) is 2.89. The molecule has 0 atom stereocenters. The van der Waals surface area contributed by atoms with Crippen molar-refractivity contribution in [3.8, 4) is 0 Å². The standard InChI is InChI=1S/C14H24N2O4/c1-14(12(17)18)5-9-16(10-6-14)13(19)15-7-3-11(20-2)4-8-15/h11H,3-10H2,1-2H3,(H,17,18). The van der Waals surface area contributed by atoms with Gasteiger partial charge in [0.1, 0.15) is 0 Å². The van der Waals surface area contributed by atoms with E-state index in [1.807, 2.05) is 4.90 Å². The Morgan fingerprint density at radius 1 is 1.10 bits per heavy atom. The number of carboxylic acid groups (broad SMARTS) is 1. The zero-order chi connectivity index (χ0) is 14.8. The Bertz CT molecular complexity index is 369. The number of aliphatic carboxylic acids is 1. The van der Waals surface area contributed by atoms with Gasteiger partial charge in [-0.2, -0.15) is 0 Å². The number of rotatable bonds is 2. The summed E-state index contributed by atoms with van der Waals surface area (Å²) in [5, 5.41) is 9.20. The molecule has 0 spiro atoms. The van der Waals surface area contributed by atoms with E-state index in [4.69, 9.17) is 4.74 Å². The number of amides is 2. The van der Waals surface area contributed by atoms with Gasteiger partial charge in [-0.3, -0.25) is 4.79 Å².